The molecular weight excluding hydrogens is 314 g/mol. The predicted molar refractivity (Wildman–Crippen MR) is 96.3 cm³/mol. The van der Waals surface area contributed by atoms with Gasteiger partial charge in [-0.1, -0.05) is 48.5 Å². The van der Waals surface area contributed by atoms with Crippen molar-refractivity contribution in [2.24, 2.45) is 0 Å². The number of carbonyl (C=O) groups excluding carboxylic acids is 1. The highest BCUT2D eigenvalue weighted by molar-refractivity contribution is 6.05. The average molecular weight is 329 g/mol. The SMILES string of the molecule is CN(C(=O)c1cnc2n[nH]c(-c3ccccc3)c2n1)c1ccccc1. The molecule has 0 saturated heterocycles. The number of fused-ring (bicyclic) bond motifs is 1. The van der Waals surface area contributed by atoms with E-state index in [0.29, 0.717) is 11.2 Å². The fourth-order valence-corrected chi connectivity index (χ4v) is 2.64. The van der Waals surface area contributed by atoms with Crippen molar-refractivity contribution in [3.05, 3.63) is 72.6 Å². The number of nitrogens with zero attached hydrogens (tertiary/aromatic N) is 4. The fourth-order valence-electron chi connectivity index (χ4n) is 2.64. The smallest absolute Gasteiger partial charge is 0.278 e. The second-order valence-corrected chi connectivity index (χ2v) is 5.59. The number of para-hydroxylation sites is 1. The maximum absolute atomic E-state index is 12.8. The van der Waals surface area contributed by atoms with Gasteiger partial charge >= 0.3 is 0 Å². The molecule has 25 heavy (non-hydrogen) atoms. The fraction of sp³-hybridized carbons (Fsp3) is 0.0526. The molecule has 2 heterocycles. The lowest BCUT2D eigenvalue weighted by molar-refractivity contribution is 0.0988. The van der Waals surface area contributed by atoms with E-state index in [9.17, 15) is 4.79 Å². The monoisotopic (exact) mass is 329 g/mol. The van der Waals surface area contributed by atoms with Crippen LogP contribution in [0.5, 0.6) is 0 Å². The first-order valence-corrected chi connectivity index (χ1v) is 7.83. The normalized spacial score (nSPS) is 10.8. The van der Waals surface area contributed by atoms with Crippen LogP contribution in [0.3, 0.4) is 0 Å². The number of H-pyrrole nitrogens is 1. The number of hydrogen-bond acceptors (Lipinski definition) is 4. The standard InChI is InChI=1S/C19H15N5O/c1-24(14-10-6-3-7-11-14)19(25)15-12-20-18-17(21-15)16(22-23-18)13-8-4-2-5-9-13/h2-12H,1H3,(H,20,22,23). The second kappa shape index (κ2) is 6.16. The molecule has 122 valence electrons. The Morgan fingerprint density at radius 2 is 1.68 bits per heavy atom. The molecule has 1 N–H and O–H groups in total. The Balaban J connectivity index is 1.75. The van der Waals surface area contributed by atoms with Crippen molar-refractivity contribution in [2.75, 3.05) is 11.9 Å². The number of hydrogen-bond donors (Lipinski definition) is 1. The third-order valence-corrected chi connectivity index (χ3v) is 3.99. The van der Waals surface area contributed by atoms with Gasteiger partial charge in [-0.05, 0) is 12.1 Å². The zero-order valence-electron chi connectivity index (χ0n) is 13.5. The highest BCUT2D eigenvalue weighted by Gasteiger charge is 2.18. The lowest BCUT2D eigenvalue weighted by Crippen LogP contribution is -2.27. The predicted octanol–water partition coefficient (Wildman–Crippen LogP) is 3.30. The second-order valence-electron chi connectivity index (χ2n) is 5.59. The third kappa shape index (κ3) is 2.74. The number of anilines is 1. The molecule has 1 amide bonds. The van der Waals surface area contributed by atoms with E-state index < -0.39 is 0 Å². The number of nitrogens with one attached hydrogen (secondary N) is 1. The summed E-state index contributed by atoms with van der Waals surface area (Å²) in [5.41, 5.74) is 3.83. The maximum atomic E-state index is 12.8. The van der Waals surface area contributed by atoms with E-state index in [-0.39, 0.29) is 11.6 Å². The minimum atomic E-state index is -0.221. The maximum Gasteiger partial charge on any atom is 0.278 e. The van der Waals surface area contributed by atoms with Crippen LogP contribution in [0, 0.1) is 0 Å². The van der Waals surface area contributed by atoms with Gasteiger partial charge in [0.25, 0.3) is 5.91 Å². The van der Waals surface area contributed by atoms with Crippen molar-refractivity contribution in [3.8, 4) is 11.3 Å². The van der Waals surface area contributed by atoms with Crippen molar-refractivity contribution in [3.63, 3.8) is 0 Å². The molecular formula is C19H15N5O. The van der Waals surface area contributed by atoms with Gasteiger partial charge in [0.05, 0.1) is 11.9 Å². The molecule has 4 aromatic rings. The zero-order valence-corrected chi connectivity index (χ0v) is 13.5. The lowest BCUT2D eigenvalue weighted by atomic mass is 10.1. The quantitative estimate of drug-likeness (QED) is 0.626. The van der Waals surface area contributed by atoms with E-state index in [1.807, 2.05) is 60.7 Å². The van der Waals surface area contributed by atoms with Crippen molar-refractivity contribution < 1.29 is 4.79 Å². The summed E-state index contributed by atoms with van der Waals surface area (Å²) in [6.07, 6.45) is 1.46. The number of benzene rings is 2. The number of aromatic nitrogens is 4. The lowest BCUT2D eigenvalue weighted by Gasteiger charge is -2.16. The molecule has 4 rings (SSSR count). The van der Waals surface area contributed by atoms with E-state index in [0.717, 1.165) is 16.9 Å². The molecule has 0 aliphatic carbocycles. The molecule has 6 nitrogen and oxygen atoms in total. The van der Waals surface area contributed by atoms with E-state index in [4.69, 9.17) is 0 Å². The van der Waals surface area contributed by atoms with Gasteiger partial charge in [0.15, 0.2) is 5.65 Å². The molecule has 0 bridgehead atoms. The van der Waals surface area contributed by atoms with Gasteiger partial charge < -0.3 is 4.90 Å². The van der Waals surface area contributed by atoms with Gasteiger partial charge in [-0.3, -0.25) is 9.89 Å². The largest absolute Gasteiger partial charge is 0.310 e. The summed E-state index contributed by atoms with van der Waals surface area (Å²) >= 11 is 0. The van der Waals surface area contributed by atoms with Crippen molar-refractivity contribution in [1.82, 2.24) is 20.2 Å². The van der Waals surface area contributed by atoms with Crippen LogP contribution in [0.15, 0.2) is 66.9 Å². The van der Waals surface area contributed by atoms with E-state index in [1.54, 1.807) is 11.9 Å². The van der Waals surface area contributed by atoms with Crippen molar-refractivity contribution in [2.45, 2.75) is 0 Å². The van der Waals surface area contributed by atoms with Crippen LogP contribution < -0.4 is 4.90 Å². The first-order valence-electron chi connectivity index (χ1n) is 7.83. The number of aromatic amines is 1. The number of carbonyl (C=O) groups is 1. The summed E-state index contributed by atoms with van der Waals surface area (Å²) in [6, 6.07) is 19.2. The topological polar surface area (TPSA) is 74.8 Å². The molecule has 2 aromatic carbocycles. The molecule has 0 spiro atoms. The molecule has 6 heteroatoms. The molecule has 0 radical (unpaired) electrons. The van der Waals surface area contributed by atoms with Crippen LogP contribution in [-0.2, 0) is 0 Å². The van der Waals surface area contributed by atoms with Crippen LogP contribution in [-0.4, -0.2) is 33.1 Å². The number of amides is 1. The Hall–Kier alpha value is -3.54. The van der Waals surface area contributed by atoms with Crippen molar-refractivity contribution >= 4 is 22.8 Å². The van der Waals surface area contributed by atoms with Gasteiger partial charge in [-0.25, -0.2) is 9.97 Å². The van der Waals surface area contributed by atoms with Gasteiger partial charge in [-0.15, -0.1) is 0 Å². The van der Waals surface area contributed by atoms with Crippen LogP contribution >= 0.6 is 0 Å². The van der Waals surface area contributed by atoms with Gasteiger partial charge in [0, 0.05) is 18.3 Å². The molecule has 2 aromatic heterocycles. The van der Waals surface area contributed by atoms with Crippen LogP contribution in [0.25, 0.3) is 22.4 Å². The zero-order chi connectivity index (χ0) is 17.2. The first-order chi connectivity index (χ1) is 12.2. The molecule has 0 atom stereocenters. The Morgan fingerprint density at radius 3 is 2.40 bits per heavy atom. The number of rotatable bonds is 3. The van der Waals surface area contributed by atoms with Gasteiger partial charge in [0.2, 0.25) is 0 Å². The van der Waals surface area contributed by atoms with Crippen LogP contribution in [0.4, 0.5) is 5.69 Å². The van der Waals surface area contributed by atoms with E-state index in [1.165, 1.54) is 6.20 Å². The Kier molecular flexibility index (Phi) is 3.70. The Labute approximate surface area is 144 Å². The first kappa shape index (κ1) is 15.0. The summed E-state index contributed by atoms with van der Waals surface area (Å²) in [7, 11) is 1.72. The Morgan fingerprint density at radius 1 is 1.00 bits per heavy atom. The summed E-state index contributed by atoms with van der Waals surface area (Å²) in [4.78, 5) is 23.1. The third-order valence-electron chi connectivity index (χ3n) is 3.99. The highest BCUT2D eigenvalue weighted by atomic mass is 16.2. The molecule has 0 saturated carbocycles. The molecule has 0 unspecified atom stereocenters. The molecule has 0 aliphatic rings. The summed E-state index contributed by atoms with van der Waals surface area (Å²) in [5, 5.41) is 7.13. The Bertz CT molecular complexity index is 1030. The van der Waals surface area contributed by atoms with Crippen LogP contribution in [0.2, 0.25) is 0 Å². The van der Waals surface area contributed by atoms with Gasteiger partial charge in [-0.2, -0.15) is 5.10 Å². The average Bonchev–Trinajstić information content (AvgIpc) is 3.11. The summed E-state index contributed by atoms with van der Waals surface area (Å²) in [6.45, 7) is 0. The highest BCUT2D eigenvalue weighted by Crippen LogP contribution is 2.24. The van der Waals surface area contributed by atoms with E-state index in [2.05, 4.69) is 20.2 Å². The van der Waals surface area contributed by atoms with Gasteiger partial charge in [0.1, 0.15) is 11.2 Å². The van der Waals surface area contributed by atoms with E-state index >= 15 is 0 Å². The summed E-state index contributed by atoms with van der Waals surface area (Å²) < 4.78 is 0. The van der Waals surface area contributed by atoms with Crippen molar-refractivity contribution in [1.29, 1.82) is 0 Å². The molecule has 0 aliphatic heterocycles. The minimum absolute atomic E-state index is 0.221. The van der Waals surface area contributed by atoms with Crippen LogP contribution in [0.1, 0.15) is 10.5 Å². The minimum Gasteiger partial charge on any atom is -0.310 e. The molecule has 0 fully saturated rings. The summed E-state index contributed by atoms with van der Waals surface area (Å²) in [5.74, 6) is -0.221.